The molecule has 2 aromatic carbocycles. The molecule has 0 aliphatic carbocycles. The number of rotatable bonds is 4. The quantitative estimate of drug-likeness (QED) is 0.477. The van der Waals surface area contributed by atoms with Crippen LogP contribution in [0.4, 0.5) is 13.2 Å². The van der Waals surface area contributed by atoms with Gasteiger partial charge in [0.25, 0.3) is 0 Å². The molecule has 0 atom stereocenters. The third-order valence-corrected chi connectivity index (χ3v) is 6.62. The number of nitrogens with zero attached hydrogens (tertiary/aromatic N) is 3. The number of aromatic nitrogens is 3. The number of hydrogen-bond acceptors (Lipinski definition) is 5. The third-order valence-electron chi connectivity index (χ3n) is 4.46. The van der Waals surface area contributed by atoms with E-state index >= 15 is 0 Å². The Morgan fingerprint density at radius 3 is 2.26 bits per heavy atom. The first kappa shape index (κ1) is 21.2. The summed E-state index contributed by atoms with van der Waals surface area (Å²) in [4.78, 5) is 4.88. The van der Waals surface area contributed by atoms with Crippen molar-refractivity contribution in [3.8, 4) is 26.8 Å². The Morgan fingerprint density at radius 1 is 1.03 bits per heavy atom. The Balaban J connectivity index is 1.87. The fraction of sp³-hybridized carbons (Fsp3) is 0.100. The fourth-order valence-corrected chi connectivity index (χ4v) is 4.58. The lowest BCUT2D eigenvalue weighted by Crippen LogP contribution is -2.12. The van der Waals surface area contributed by atoms with Crippen LogP contribution in [0.1, 0.15) is 11.4 Å². The molecular formula is C20H15F3N4O2S2. The predicted octanol–water partition coefficient (Wildman–Crippen LogP) is 4.64. The van der Waals surface area contributed by atoms with E-state index in [2.05, 4.69) is 10.1 Å². The van der Waals surface area contributed by atoms with Crippen LogP contribution in [-0.4, -0.2) is 23.2 Å². The van der Waals surface area contributed by atoms with E-state index in [1.54, 1.807) is 6.92 Å². The summed E-state index contributed by atoms with van der Waals surface area (Å²) in [6, 6.07) is 15.4. The predicted molar refractivity (Wildman–Crippen MR) is 111 cm³/mol. The number of halogens is 3. The standard InChI is InChI=1S/C20H15F3N4O2S2/c1-12-18(30-19(25-12)13-5-3-2-4-6-13)16-11-17(20(21,22)23)26-27(16)14-7-9-15(10-8-14)31(24,28)29/h2-11H,1H3,(H2,24,28,29). The average Bonchev–Trinajstić information content (AvgIpc) is 3.32. The average molecular weight is 464 g/mol. The molecule has 0 aliphatic heterocycles. The molecule has 11 heteroatoms. The molecule has 2 N–H and O–H groups in total. The SMILES string of the molecule is Cc1nc(-c2ccccc2)sc1-c1cc(C(F)(F)F)nn1-c1ccc(S(N)(=O)=O)cc1. The number of nitrogens with two attached hydrogens (primary N) is 1. The van der Waals surface area contributed by atoms with Crippen LogP contribution >= 0.6 is 11.3 Å². The number of hydrogen-bond donors (Lipinski definition) is 1. The second-order valence-corrected chi connectivity index (χ2v) is 9.22. The van der Waals surface area contributed by atoms with E-state index in [1.165, 1.54) is 35.6 Å². The second-order valence-electron chi connectivity index (χ2n) is 6.66. The minimum atomic E-state index is -4.65. The molecule has 0 spiro atoms. The molecule has 0 amide bonds. The van der Waals surface area contributed by atoms with Gasteiger partial charge in [0.1, 0.15) is 5.01 Å². The van der Waals surface area contributed by atoms with Crippen LogP contribution in [0.15, 0.2) is 65.6 Å². The zero-order valence-corrected chi connectivity index (χ0v) is 17.6. The normalized spacial score (nSPS) is 12.3. The van der Waals surface area contributed by atoms with E-state index in [0.717, 1.165) is 16.3 Å². The van der Waals surface area contributed by atoms with Gasteiger partial charge in [-0.15, -0.1) is 11.3 Å². The summed E-state index contributed by atoms with van der Waals surface area (Å²) in [7, 11) is -3.93. The molecule has 0 bridgehead atoms. The number of primary sulfonamides is 1. The number of thiazole rings is 1. The highest BCUT2D eigenvalue weighted by molar-refractivity contribution is 7.89. The summed E-state index contributed by atoms with van der Waals surface area (Å²) in [6.45, 7) is 1.72. The first-order valence-electron chi connectivity index (χ1n) is 8.88. The van der Waals surface area contributed by atoms with Gasteiger partial charge in [0, 0.05) is 5.56 Å². The van der Waals surface area contributed by atoms with Crippen LogP contribution < -0.4 is 5.14 Å². The van der Waals surface area contributed by atoms with Gasteiger partial charge in [0.2, 0.25) is 10.0 Å². The number of benzene rings is 2. The highest BCUT2D eigenvalue weighted by atomic mass is 32.2. The van der Waals surface area contributed by atoms with Gasteiger partial charge in [-0.05, 0) is 37.3 Å². The maximum atomic E-state index is 13.4. The minimum absolute atomic E-state index is 0.152. The number of sulfonamides is 1. The molecule has 6 nitrogen and oxygen atoms in total. The number of aryl methyl sites for hydroxylation is 1. The number of alkyl halides is 3. The molecule has 0 unspecified atom stereocenters. The van der Waals surface area contributed by atoms with Crippen LogP contribution in [0.2, 0.25) is 0 Å². The maximum Gasteiger partial charge on any atom is 0.435 e. The Bertz CT molecular complexity index is 1340. The van der Waals surface area contributed by atoms with Crippen LogP contribution in [0, 0.1) is 6.92 Å². The summed E-state index contributed by atoms with van der Waals surface area (Å²) in [5, 5.41) is 9.50. The minimum Gasteiger partial charge on any atom is -0.241 e. The van der Waals surface area contributed by atoms with Gasteiger partial charge >= 0.3 is 6.18 Å². The van der Waals surface area contributed by atoms with Crippen molar-refractivity contribution in [2.45, 2.75) is 18.0 Å². The van der Waals surface area contributed by atoms with E-state index in [1.807, 2.05) is 30.3 Å². The molecule has 2 aromatic heterocycles. The molecule has 0 aliphatic rings. The highest BCUT2D eigenvalue weighted by Gasteiger charge is 2.36. The van der Waals surface area contributed by atoms with Gasteiger partial charge in [0.05, 0.1) is 26.8 Å². The summed E-state index contributed by atoms with van der Waals surface area (Å²) in [5.74, 6) is 0. The Morgan fingerprint density at radius 2 is 1.68 bits per heavy atom. The molecule has 0 radical (unpaired) electrons. The summed E-state index contributed by atoms with van der Waals surface area (Å²) in [5.41, 5.74) is 0.799. The zero-order valence-electron chi connectivity index (χ0n) is 16.0. The largest absolute Gasteiger partial charge is 0.435 e. The molecule has 4 aromatic rings. The van der Waals surface area contributed by atoms with E-state index in [4.69, 9.17) is 5.14 Å². The van der Waals surface area contributed by atoms with Crippen LogP contribution in [0.25, 0.3) is 26.8 Å². The van der Waals surface area contributed by atoms with Crippen LogP contribution in [0.3, 0.4) is 0 Å². The van der Waals surface area contributed by atoms with Crippen molar-refractivity contribution < 1.29 is 21.6 Å². The van der Waals surface area contributed by atoms with E-state index in [9.17, 15) is 21.6 Å². The van der Waals surface area contributed by atoms with Crippen molar-refractivity contribution in [2.75, 3.05) is 0 Å². The zero-order chi connectivity index (χ0) is 22.4. The van der Waals surface area contributed by atoms with Crippen molar-refractivity contribution in [3.63, 3.8) is 0 Å². The van der Waals surface area contributed by atoms with Crippen molar-refractivity contribution in [1.29, 1.82) is 0 Å². The van der Waals surface area contributed by atoms with Gasteiger partial charge in [-0.1, -0.05) is 30.3 Å². The molecule has 31 heavy (non-hydrogen) atoms. The Kier molecular flexibility index (Phi) is 5.20. The Labute approximate surface area is 179 Å². The van der Waals surface area contributed by atoms with Crippen molar-refractivity contribution in [3.05, 3.63) is 72.1 Å². The summed E-state index contributed by atoms with van der Waals surface area (Å²) >= 11 is 1.25. The second kappa shape index (κ2) is 7.59. The van der Waals surface area contributed by atoms with Gasteiger partial charge in [-0.2, -0.15) is 18.3 Å². The lowest BCUT2D eigenvalue weighted by molar-refractivity contribution is -0.141. The smallest absolute Gasteiger partial charge is 0.241 e. The van der Waals surface area contributed by atoms with Gasteiger partial charge < -0.3 is 0 Å². The first-order valence-corrected chi connectivity index (χ1v) is 11.2. The summed E-state index contributed by atoms with van der Waals surface area (Å²) in [6.07, 6.45) is -4.65. The molecule has 0 saturated carbocycles. The lowest BCUT2D eigenvalue weighted by Gasteiger charge is -2.07. The lowest BCUT2D eigenvalue weighted by atomic mass is 10.2. The molecule has 0 saturated heterocycles. The van der Waals surface area contributed by atoms with Crippen molar-refractivity contribution >= 4 is 21.4 Å². The van der Waals surface area contributed by atoms with Crippen molar-refractivity contribution in [1.82, 2.24) is 14.8 Å². The van der Waals surface area contributed by atoms with Crippen LogP contribution in [-0.2, 0) is 16.2 Å². The highest BCUT2D eigenvalue weighted by Crippen LogP contribution is 2.39. The van der Waals surface area contributed by atoms with Crippen molar-refractivity contribution in [2.24, 2.45) is 5.14 Å². The fourth-order valence-electron chi connectivity index (χ4n) is 2.99. The Hall–Kier alpha value is -3.02. The van der Waals surface area contributed by atoms with Gasteiger partial charge in [-0.25, -0.2) is 23.2 Å². The summed E-state index contributed by atoms with van der Waals surface area (Å²) < 4.78 is 64.4. The topological polar surface area (TPSA) is 90.9 Å². The molecule has 4 rings (SSSR count). The molecular weight excluding hydrogens is 449 g/mol. The van der Waals surface area contributed by atoms with Gasteiger partial charge in [0.15, 0.2) is 5.69 Å². The molecule has 2 heterocycles. The van der Waals surface area contributed by atoms with E-state index in [-0.39, 0.29) is 16.3 Å². The van der Waals surface area contributed by atoms with E-state index < -0.39 is 21.9 Å². The monoisotopic (exact) mass is 464 g/mol. The molecule has 160 valence electrons. The first-order chi connectivity index (χ1) is 14.5. The molecule has 0 fully saturated rings. The van der Waals surface area contributed by atoms with Gasteiger partial charge in [-0.3, -0.25) is 0 Å². The maximum absolute atomic E-state index is 13.4. The van der Waals surface area contributed by atoms with Crippen LogP contribution in [0.5, 0.6) is 0 Å². The third kappa shape index (κ3) is 4.24. The van der Waals surface area contributed by atoms with E-state index in [0.29, 0.717) is 15.6 Å².